The number of hydrogen-bond donors (Lipinski definition) is 0. The van der Waals surface area contributed by atoms with Gasteiger partial charge >= 0.3 is 0 Å². The van der Waals surface area contributed by atoms with Gasteiger partial charge < -0.3 is 0 Å². The van der Waals surface area contributed by atoms with Crippen LogP contribution in [0.25, 0.3) is 6.08 Å². The summed E-state index contributed by atoms with van der Waals surface area (Å²) in [6, 6.07) is 6.42. The highest BCUT2D eigenvalue weighted by Gasteiger charge is 2.08. The predicted molar refractivity (Wildman–Crippen MR) is 62.0 cm³/mol. The Morgan fingerprint density at radius 3 is 2.62 bits per heavy atom. The SMILES string of the molecule is CC(=O)/C=C/C=C/c1ccccc1[N+](=O)[O-]. The van der Waals surface area contributed by atoms with Gasteiger partial charge in [-0.25, -0.2) is 0 Å². The van der Waals surface area contributed by atoms with Crippen LogP contribution in [0.15, 0.2) is 42.5 Å². The molecule has 4 nitrogen and oxygen atoms in total. The van der Waals surface area contributed by atoms with E-state index in [0.29, 0.717) is 5.56 Å². The maximum absolute atomic E-state index is 10.7. The van der Waals surface area contributed by atoms with Gasteiger partial charge in [-0.05, 0) is 25.1 Å². The topological polar surface area (TPSA) is 60.2 Å². The summed E-state index contributed by atoms with van der Waals surface area (Å²) in [6.45, 7) is 1.44. The van der Waals surface area contributed by atoms with Crippen LogP contribution in [0, 0.1) is 10.1 Å². The Morgan fingerprint density at radius 2 is 2.00 bits per heavy atom. The zero-order valence-corrected chi connectivity index (χ0v) is 8.79. The van der Waals surface area contributed by atoms with Crippen LogP contribution in [0.4, 0.5) is 5.69 Å². The van der Waals surface area contributed by atoms with Gasteiger partial charge in [-0.2, -0.15) is 0 Å². The van der Waals surface area contributed by atoms with E-state index < -0.39 is 4.92 Å². The summed E-state index contributed by atoms with van der Waals surface area (Å²) in [4.78, 5) is 20.8. The average Bonchev–Trinajstić information content (AvgIpc) is 2.24. The predicted octanol–water partition coefficient (Wildman–Crippen LogP) is 2.75. The van der Waals surface area contributed by atoms with Gasteiger partial charge in [0.05, 0.1) is 10.5 Å². The third kappa shape index (κ3) is 3.49. The molecule has 4 heteroatoms. The number of nitrogens with zero attached hydrogens (tertiary/aromatic N) is 1. The first-order valence-electron chi connectivity index (χ1n) is 4.70. The Bertz CT molecular complexity index is 461. The van der Waals surface area contributed by atoms with Gasteiger partial charge in [-0.15, -0.1) is 0 Å². The maximum atomic E-state index is 10.7. The van der Waals surface area contributed by atoms with Gasteiger partial charge in [0.15, 0.2) is 5.78 Å². The first-order chi connectivity index (χ1) is 7.61. The largest absolute Gasteiger partial charge is 0.295 e. The van der Waals surface area contributed by atoms with Crippen molar-refractivity contribution in [3.8, 4) is 0 Å². The standard InChI is InChI=1S/C12H11NO3/c1-10(14)6-2-3-7-11-8-4-5-9-12(11)13(15)16/h2-9H,1H3/b6-2+,7-3+. The lowest BCUT2D eigenvalue weighted by Gasteiger charge is -1.94. The van der Waals surface area contributed by atoms with Crippen LogP contribution in [0.5, 0.6) is 0 Å². The molecule has 1 aromatic rings. The Hall–Kier alpha value is -2.23. The van der Waals surface area contributed by atoms with Crippen molar-refractivity contribution in [3.05, 3.63) is 58.2 Å². The summed E-state index contributed by atoms with van der Waals surface area (Å²) >= 11 is 0. The van der Waals surface area contributed by atoms with E-state index in [0.717, 1.165) is 0 Å². The minimum absolute atomic E-state index is 0.0509. The quantitative estimate of drug-likeness (QED) is 0.337. The van der Waals surface area contributed by atoms with Crippen LogP contribution in [-0.2, 0) is 4.79 Å². The lowest BCUT2D eigenvalue weighted by Crippen LogP contribution is -1.90. The number of hydrogen-bond acceptors (Lipinski definition) is 3. The first kappa shape index (κ1) is 11.8. The van der Waals surface area contributed by atoms with Crippen molar-refractivity contribution in [1.82, 2.24) is 0 Å². The van der Waals surface area contributed by atoms with Gasteiger partial charge in [0.1, 0.15) is 0 Å². The normalized spacial score (nSPS) is 11.1. The third-order valence-electron chi connectivity index (χ3n) is 1.85. The van der Waals surface area contributed by atoms with Crippen LogP contribution < -0.4 is 0 Å². The number of allylic oxidation sites excluding steroid dienone is 3. The molecule has 0 aliphatic carbocycles. The average molecular weight is 217 g/mol. The van der Waals surface area contributed by atoms with E-state index in [2.05, 4.69) is 0 Å². The fourth-order valence-corrected chi connectivity index (χ4v) is 1.15. The molecule has 82 valence electrons. The molecule has 0 saturated heterocycles. The Labute approximate surface area is 93.1 Å². The molecule has 0 amide bonds. The number of benzene rings is 1. The molecule has 1 aromatic carbocycles. The molecule has 0 unspecified atom stereocenters. The van der Waals surface area contributed by atoms with Crippen molar-refractivity contribution in [2.24, 2.45) is 0 Å². The third-order valence-corrected chi connectivity index (χ3v) is 1.85. The molecule has 0 heterocycles. The van der Waals surface area contributed by atoms with Crippen molar-refractivity contribution >= 4 is 17.5 Å². The Balaban J connectivity index is 2.89. The van der Waals surface area contributed by atoms with Gasteiger partial charge in [-0.1, -0.05) is 24.3 Å². The van der Waals surface area contributed by atoms with Gasteiger partial charge in [0.2, 0.25) is 0 Å². The first-order valence-corrected chi connectivity index (χ1v) is 4.70. The molecule has 0 spiro atoms. The molecule has 16 heavy (non-hydrogen) atoms. The van der Waals surface area contributed by atoms with E-state index in [1.165, 1.54) is 19.1 Å². The number of carbonyl (C=O) groups is 1. The number of rotatable bonds is 4. The number of carbonyl (C=O) groups excluding carboxylic acids is 1. The van der Waals surface area contributed by atoms with Crippen molar-refractivity contribution in [1.29, 1.82) is 0 Å². The van der Waals surface area contributed by atoms with Gasteiger partial charge in [0.25, 0.3) is 5.69 Å². The van der Waals surface area contributed by atoms with Gasteiger partial charge in [0, 0.05) is 6.07 Å². The summed E-state index contributed by atoms with van der Waals surface area (Å²) in [5.41, 5.74) is 0.565. The molecule has 0 saturated carbocycles. The Morgan fingerprint density at radius 1 is 1.31 bits per heavy atom. The molecule has 0 N–H and O–H groups in total. The van der Waals surface area contributed by atoms with Crippen LogP contribution in [0.3, 0.4) is 0 Å². The second-order valence-electron chi connectivity index (χ2n) is 3.14. The summed E-state index contributed by atoms with van der Waals surface area (Å²) in [6.07, 6.45) is 6.14. The molecule has 0 aliphatic rings. The molecule has 0 fully saturated rings. The zero-order valence-electron chi connectivity index (χ0n) is 8.79. The molecular formula is C12H11NO3. The second-order valence-corrected chi connectivity index (χ2v) is 3.14. The van der Waals surface area contributed by atoms with Crippen molar-refractivity contribution < 1.29 is 9.72 Å². The minimum Gasteiger partial charge on any atom is -0.295 e. The summed E-state index contributed by atoms with van der Waals surface area (Å²) in [7, 11) is 0. The van der Waals surface area contributed by atoms with Crippen LogP contribution >= 0.6 is 0 Å². The summed E-state index contributed by atoms with van der Waals surface area (Å²) in [5, 5.41) is 10.7. The molecule has 0 atom stereocenters. The van der Waals surface area contributed by atoms with Crippen molar-refractivity contribution in [3.63, 3.8) is 0 Å². The lowest BCUT2D eigenvalue weighted by atomic mass is 10.1. The maximum Gasteiger partial charge on any atom is 0.276 e. The second kappa shape index (κ2) is 5.60. The molecular weight excluding hydrogens is 206 g/mol. The summed E-state index contributed by atoms with van der Waals surface area (Å²) in [5.74, 6) is -0.0628. The van der Waals surface area contributed by atoms with E-state index in [1.807, 2.05) is 0 Å². The van der Waals surface area contributed by atoms with Crippen LogP contribution in [-0.4, -0.2) is 10.7 Å². The Kier molecular flexibility index (Phi) is 4.15. The van der Waals surface area contributed by atoms with E-state index in [9.17, 15) is 14.9 Å². The van der Waals surface area contributed by atoms with Gasteiger partial charge in [-0.3, -0.25) is 14.9 Å². The fraction of sp³-hybridized carbons (Fsp3) is 0.0833. The molecule has 0 aromatic heterocycles. The zero-order chi connectivity index (χ0) is 12.0. The van der Waals surface area contributed by atoms with E-state index in [-0.39, 0.29) is 11.5 Å². The number of para-hydroxylation sites is 1. The minimum atomic E-state index is -0.436. The van der Waals surface area contributed by atoms with Crippen molar-refractivity contribution in [2.75, 3.05) is 0 Å². The molecule has 1 rings (SSSR count). The highest BCUT2D eigenvalue weighted by Crippen LogP contribution is 2.18. The van der Waals surface area contributed by atoms with E-state index in [1.54, 1.807) is 36.4 Å². The number of ketones is 1. The van der Waals surface area contributed by atoms with E-state index in [4.69, 9.17) is 0 Å². The van der Waals surface area contributed by atoms with Crippen molar-refractivity contribution in [2.45, 2.75) is 6.92 Å². The van der Waals surface area contributed by atoms with E-state index >= 15 is 0 Å². The molecule has 0 bridgehead atoms. The number of nitro groups is 1. The smallest absolute Gasteiger partial charge is 0.276 e. The molecule has 0 aliphatic heterocycles. The lowest BCUT2D eigenvalue weighted by molar-refractivity contribution is -0.385. The monoisotopic (exact) mass is 217 g/mol. The summed E-state index contributed by atoms with van der Waals surface area (Å²) < 4.78 is 0. The highest BCUT2D eigenvalue weighted by atomic mass is 16.6. The fourth-order valence-electron chi connectivity index (χ4n) is 1.15. The molecule has 0 radical (unpaired) electrons. The number of nitro benzene ring substituents is 1. The van der Waals surface area contributed by atoms with Crippen LogP contribution in [0.2, 0.25) is 0 Å². The highest BCUT2D eigenvalue weighted by molar-refractivity contribution is 5.87. The van der Waals surface area contributed by atoms with Crippen LogP contribution in [0.1, 0.15) is 12.5 Å².